The Morgan fingerprint density at radius 3 is 2.89 bits per heavy atom. The quantitative estimate of drug-likeness (QED) is 0.823. The normalized spacial score (nSPS) is 30.3. The van der Waals surface area contributed by atoms with Crippen LogP contribution in [0.4, 0.5) is 0 Å². The maximum absolute atomic E-state index is 11.8. The van der Waals surface area contributed by atoms with Gasteiger partial charge >= 0.3 is 0 Å². The molecule has 100 valence electrons. The largest absolute Gasteiger partial charge is 0.332 e. The summed E-state index contributed by atoms with van der Waals surface area (Å²) in [5.41, 5.74) is 0.967. The Hall–Kier alpha value is -0.840. The van der Waals surface area contributed by atoms with Crippen molar-refractivity contribution in [3.63, 3.8) is 0 Å². The molecule has 2 aliphatic rings. The van der Waals surface area contributed by atoms with Crippen molar-refractivity contribution in [2.75, 3.05) is 5.75 Å². The maximum atomic E-state index is 11.8. The molecule has 0 aliphatic carbocycles. The molecule has 5 heteroatoms. The second kappa shape index (κ2) is 4.37. The lowest BCUT2D eigenvalue weighted by Crippen LogP contribution is -2.18. The van der Waals surface area contributed by atoms with Gasteiger partial charge in [0, 0.05) is 25.1 Å². The van der Waals surface area contributed by atoms with Crippen molar-refractivity contribution < 1.29 is 8.42 Å². The van der Waals surface area contributed by atoms with Crippen LogP contribution in [0.2, 0.25) is 0 Å². The second-order valence-corrected chi connectivity index (χ2v) is 8.03. The number of nitrogens with zero attached hydrogens (tertiary/aromatic N) is 2. The molecule has 0 bridgehead atoms. The smallest absolute Gasteiger partial charge is 0.153 e. The molecular weight excluding hydrogens is 248 g/mol. The van der Waals surface area contributed by atoms with Gasteiger partial charge in [0.15, 0.2) is 9.84 Å². The minimum absolute atomic E-state index is 0.190. The van der Waals surface area contributed by atoms with Crippen LogP contribution in [0, 0.1) is 0 Å². The topological polar surface area (TPSA) is 52.0 Å². The van der Waals surface area contributed by atoms with Crippen LogP contribution in [0.3, 0.4) is 0 Å². The van der Waals surface area contributed by atoms with Crippen LogP contribution in [0.15, 0.2) is 6.20 Å². The molecule has 2 unspecified atom stereocenters. The summed E-state index contributed by atoms with van der Waals surface area (Å²) >= 11 is 0. The van der Waals surface area contributed by atoms with E-state index in [2.05, 4.69) is 22.7 Å². The van der Waals surface area contributed by atoms with Gasteiger partial charge in [0.25, 0.3) is 0 Å². The van der Waals surface area contributed by atoms with E-state index in [1.807, 2.05) is 0 Å². The Morgan fingerprint density at radius 1 is 1.39 bits per heavy atom. The zero-order chi connectivity index (χ0) is 12.8. The van der Waals surface area contributed by atoms with Gasteiger partial charge in [0.2, 0.25) is 0 Å². The van der Waals surface area contributed by atoms with Crippen LogP contribution in [-0.4, -0.2) is 29.0 Å². The summed E-state index contributed by atoms with van der Waals surface area (Å²) in [6.07, 6.45) is 7.73. The highest BCUT2D eigenvalue weighted by Gasteiger charge is 2.32. The van der Waals surface area contributed by atoms with Gasteiger partial charge in [0.1, 0.15) is 5.82 Å². The summed E-state index contributed by atoms with van der Waals surface area (Å²) in [6, 6.07) is 0.509. The lowest BCUT2D eigenvalue weighted by atomic mass is 10.1. The van der Waals surface area contributed by atoms with Gasteiger partial charge in [-0.15, -0.1) is 0 Å². The summed E-state index contributed by atoms with van der Waals surface area (Å²) in [4.78, 5) is 4.63. The Balaban J connectivity index is 1.82. The zero-order valence-corrected chi connectivity index (χ0v) is 11.6. The fraction of sp³-hybridized carbons (Fsp3) is 0.769. The lowest BCUT2D eigenvalue weighted by Gasteiger charge is -2.20. The molecule has 3 heterocycles. The predicted octanol–water partition coefficient (Wildman–Crippen LogP) is 1.90. The average Bonchev–Trinajstić information content (AvgIpc) is 2.84. The third kappa shape index (κ3) is 2.09. The van der Waals surface area contributed by atoms with Crippen molar-refractivity contribution in [2.45, 2.75) is 56.7 Å². The van der Waals surface area contributed by atoms with Gasteiger partial charge in [-0.2, -0.15) is 0 Å². The summed E-state index contributed by atoms with van der Waals surface area (Å²) in [5.74, 6) is 1.50. The van der Waals surface area contributed by atoms with Crippen LogP contribution in [-0.2, 0) is 22.7 Å². The Kier molecular flexibility index (Phi) is 2.96. The van der Waals surface area contributed by atoms with E-state index in [0.29, 0.717) is 18.2 Å². The van der Waals surface area contributed by atoms with Crippen LogP contribution in [0.25, 0.3) is 0 Å². The van der Waals surface area contributed by atoms with Crippen molar-refractivity contribution in [2.24, 2.45) is 0 Å². The first-order valence-electron chi connectivity index (χ1n) is 6.84. The lowest BCUT2D eigenvalue weighted by molar-refractivity contribution is 0.425. The van der Waals surface area contributed by atoms with E-state index >= 15 is 0 Å². The molecule has 0 radical (unpaired) electrons. The van der Waals surface area contributed by atoms with Crippen LogP contribution in [0.5, 0.6) is 0 Å². The van der Waals surface area contributed by atoms with E-state index in [9.17, 15) is 8.42 Å². The van der Waals surface area contributed by atoms with E-state index in [1.165, 1.54) is 12.8 Å². The minimum atomic E-state index is -2.85. The molecule has 0 N–H and O–H groups in total. The highest BCUT2D eigenvalue weighted by Crippen LogP contribution is 2.27. The number of sulfone groups is 1. The second-order valence-electron chi connectivity index (χ2n) is 5.63. The number of fused-ring (bicyclic) bond motifs is 1. The first-order chi connectivity index (χ1) is 8.56. The molecule has 2 atom stereocenters. The van der Waals surface area contributed by atoms with E-state index in [1.54, 1.807) is 0 Å². The molecule has 0 saturated carbocycles. The third-order valence-electron chi connectivity index (χ3n) is 4.26. The number of imidazole rings is 1. The molecule has 4 nitrogen and oxygen atoms in total. The van der Waals surface area contributed by atoms with Crippen molar-refractivity contribution >= 4 is 9.84 Å². The molecular formula is C13H20N2O2S. The molecule has 1 aromatic heterocycles. The summed E-state index contributed by atoms with van der Waals surface area (Å²) in [5, 5.41) is -0.190. The highest BCUT2D eigenvalue weighted by molar-refractivity contribution is 7.92. The molecule has 0 aromatic carbocycles. The third-order valence-corrected chi connectivity index (χ3v) is 6.53. The zero-order valence-electron chi connectivity index (χ0n) is 10.8. The van der Waals surface area contributed by atoms with Gasteiger partial charge in [-0.3, -0.25) is 0 Å². The van der Waals surface area contributed by atoms with Gasteiger partial charge in [-0.25, -0.2) is 13.4 Å². The van der Waals surface area contributed by atoms with E-state index in [4.69, 9.17) is 0 Å². The molecule has 1 saturated heterocycles. The van der Waals surface area contributed by atoms with Crippen LogP contribution in [0.1, 0.15) is 50.2 Å². The van der Waals surface area contributed by atoms with Gasteiger partial charge < -0.3 is 4.57 Å². The molecule has 0 spiro atoms. The Morgan fingerprint density at radius 2 is 2.22 bits per heavy atom. The Labute approximate surface area is 108 Å². The average molecular weight is 268 g/mol. The fourth-order valence-electron chi connectivity index (χ4n) is 3.17. The molecule has 1 aromatic rings. The van der Waals surface area contributed by atoms with Crippen molar-refractivity contribution in [3.8, 4) is 0 Å². The first kappa shape index (κ1) is 12.2. The van der Waals surface area contributed by atoms with E-state index in [0.717, 1.165) is 30.8 Å². The monoisotopic (exact) mass is 268 g/mol. The molecule has 18 heavy (non-hydrogen) atoms. The van der Waals surface area contributed by atoms with Gasteiger partial charge in [0.05, 0.1) is 16.7 Å². The number of rotatable bonds is 2. The molecule has 1 fully saturated rings. The SMILES string of the molecule is CC1CCCc2nc(CC3CCCS3(=O)=O)cn21. The molecule has 2 aliphatic heterocycles. The minimum Gasteiger partial charge on any atom is -0.332 e. The first-order valence-corrected chi connectivity index (χ1v) is 8.56. The number of hydrogen-bond donors (Lipinski definition) is 0. The predicted molar refractivity (Wildman–Crippen MR) is 70.4 cm³/mol. The van der Waals surface area contributed by atoms with Gasteiger partial charge in [-0.1, -0.05) is 0 Å². The Bertz CT molecular complexity index is 547. The molecule has 3 rings (SSSR count). The van der Waals surface area contributed by atoms with E-state index < -0.39 is 9.84 Å². The van der Waals surface area contributed by atoms with Gasteiger partial charge in [-0.05, 0) is 32.6 Å². The van der Waals surface area contributed by atoms with Crippen LogP contribution >= 0.6 is 0 Å². The maximum Gasteiger partial charge on any atom is 0.153 e. The number of aryl methyl sites for hydroxylation is 1. The van der Waals surface area contributed by atoms with Crippen molar-refractivity contribution in [1.82, 2.24) is 9.55 Å². The highest BCUT2D eigenvalue weighted by atomic mass is 32.2. The fourth-order valence-corrected chi connectivity index (χ4v) is 5.02. The number of hydrogen-bond acceptors (Lipinski definition) is 3. The molecule has 0 amide bonds. The summed E-state index contributed by atoms with van der Waals surface area (Å²) in [7, 11) is -2.85. The summed E-state index contributed by atoms with van der Waals surface area (Å²) < 4.78 is 25.9. The van der Waals surface area contributed by atoms with Crippen molar-refractivity contribution in [3.05, 3.63) is 17.7 Å². The summed E-state index contributed by atoms with van der Waals surface area (Å²) in [6.45, 7) is 2.21. The van der Waals surface area contributed by atoms with Crippen LogP contribution < -0.4 is 0 Å². The standard InChI is InChI=1S/C13H20N2O2S/c1-10-4-2-6-13-14-11(9-15(10)13)8-12-5-3-7-18(12,16)17/h9-10,12H,2-8H2,1H3. The van der Waals surface area contributed by atoms with E-state index in [-0.39, 0.29) is 5.25 Å². The number of aromatic nitrogens is 2. The van der Waals surface area contributed by atoms with Crippen molar-refractivity contribution in [1.29, 1.82) is 0 Å².